The Balaban J connectivity index is 1.51. The number of aliphatic hydroxyl groups is 2. The number of aliphatic hydroxyl groups excluding tert-OH is 2. The van der Waals surface area contributed by atoms with Crippen LogP contribution in [0.3, 0.4) is 0 Å². The number of imidazole rings is 1. The summed E-state index contributed by atoms with van der Waals surface area (Å²) in [5.74, 6) is 0.755. The van der Waals surface area contributed by atoms with Crippen LogP contribution in [0.25, 0.3) is 11.3 Å². The molecule has 2 atom stereocenters. The van der Waals surface area contributed by atoms with E-state index in [0.717, 1.165) is 42.6 Å². The van der Waals surface area contributed by atoms with Crippen molar-refractivity contribution in [2.75, 3.05) is 6.61 Å². The monoisotopic (exact) mass is 313 g/mol. The molecular formula is C18H23N3O2. The van der Waals surface area contributed by atoms with Crippen molar-refractivity contribution >= 4 is 0 Å². The van der Waals surface area contributed by atoms with E-state index in [1.54, 1.807) is 0 Å². The molecule has 2 N–H and O–H groups in total. The Morgan fingerprint density at radius 1 is 1.26 bits per heavy atom. The number of hydrogen-bond donors (Lipinski definition) is 2. The maximum absolute atomic E-state index is 10.8. The quantitative estimate of drug-likeness (QED) is 0.909. The van der Waals surface area contributed by atoms with Crippen molar-refractivity contribution in [3.05, 3.63) is 36.5 Å². The molecule has 0 spiro atoms. The molecule has 4 rings (SSSR count). The van der Waals surface area contributed by atoms with E-state index in [1.165, 1.54) is 0 Å². The van der Waals surface area contributed by atoms with Crippen LogP contribution in [0.1, 0.15) is 43.8 Å². The first-order chi connectivity index (χ1) is 11.3. The van der Waals surface area contributed by atoms with Crippen LogP contribution in [-0.4, -0.2) is 37.5 Å². The highest BCUT2D eigenvalue weighted by molar-refractivity contribution is 5.66. The molecule has 2 aromatic rings. The third kappa shape index (κ3) is 2.58. The molecule has 2 aromatic heterocycles. The van der Waals surface area contributed by atoms with Crippen LogP contribution in [0, 0.1) is 11.8 Å². The Morgan fingerprint density at radius 3 is 2.87 bits per heavy atom. The largest absolute Gasteiger partial charge is 0.396 e. The second-order valence-corrected chi connectivity index (χ2v) is 6.90. The van der Waals surface area contributed by atoms with E-state index in [0.29, 0.717) is 18.3 Å². The van der Waals surface area contributed by atoms with Gasteiger partial charge in [0.05, 0.1) is 36.1 Å². The van der Waals surface area contributed by atoms with Crippen LogP contribution in [0.5, 0.6) is 0 Å². The third-order valence-electron chi connectivity index (χ3n) is 5.59. The molecule has 1 aliphatic carbocycles. The van der Waals surface area contributed by atoms with Crippen LogP contribution in [0.4, 0.5) is 0 Å². The maximum atomic E-state index is 10.8. The van der Waals surface area contributed by atoms with Gasteiger partial charge in [0, 0.05) is 24.8 Å². The fourth-order valence-corrected chi connectivity index (χ4v) is 4.19. The fraction of sp³-hybridized carbons (Fsp3) is 0.556. The van der Waals surface area contributed by atoms with Crippen molar-refractivity contribution in [2.24, 2.45) is 11.8 Å². The number of rotatable bonds is 4. The van der Waals surface area contributed by atoms with Crippen LogP contribution >= 0.6 is 0 Å². The Labute approximate surface area is 136 Å². The minimum absolute atomic E-state index is 0.0780. The highest BCUT2D eigenvalue weighted by Crippen LogP contribution is 2.41. The lowest BCUT2D eigenvalue weighted by molar-refractivity contribution is 0.0502. The van der Waals surface area contributed by atoms with Gasteiger partial charge in [-0.3, -0.25) is 4.98 Å². The topological polar surface area (TPSA) is 71.2 Å². The summed E-state index contributed by atoms with van der Waals surface area (Å²) in [5.41, 5.74) is 3.27. The highest BCUT2D eigenvalue weighted by atomic mass is 16.3. The summed E-state index contributed by atoms with van der Waals surface area (Å²) < 4.78 is 2.14. The molecular weight excluding hydrogens is 290 g/mol. The van der Waals surface area contributed by atoms with E-state index in [-0.39, 0.29) is 18.8 Å². The van der Waals surface area contributed by atoms with Gasteiger partial charge >= 0.3 is 0 Å². The van der Waals surface area contributed by atoms with Crippen LogP contribution in [-0.2, 0) is 0 Å². The summed E-state index contributed by atoms with van der Waals surface area (Å²) in [6.07, 6.45) is 9.95. The van der Waals surface area contributed by atoms with Crippen molar-refractivity contribution in [3.8, 4) is 11.3 Å². The molecule has 0 amide bonds. The summed E-state index contributed by atoms with van der Waals surface area (Å²) in [6.45, 7) is 0.279. The highest BCUT2D eigenvalue weighted by Gasteiger charge is 2.34. The van der Waals surface area contributed by atoms with Crippen molar-refractivity contribution in [3.63, 3.8) is 0 Å². The third-order valence-corrected chi connectivity index (χ3v) is 5.59. The molecule has 1 fully saturated rings. The molecule has 1 aliphatic heterocycles. The Bertz CT molecular complexity index is 676. The number of aromatic nitrogens is 3. The molecule has 3 heterocycles. The second kappa shape index (κ2) is 6.06. The normalized spacial score (nSPS) is 27.5. The van der Waals surface area contributed by atoms with E-state index in [1.807, 2.05) is 24.8 Å². The van der Waals surface area contributed by atoms with Gasteiger partial charge in [-0.2, -0.15) is 0 Å². The SMILES string of the molecule is OCC1CCC(C(O)CC2c3ncccc3-c3cncn32)CC1. The first kappa shape index (κ1) is 14.8. The molecule has 2 unspecified atom stereocenters. The molecule has 2 aliphatic rings. The van der Waals surface area contributed by atoms with Crippen LogP contribution < -0.4 is 0 Å². The van der Waals surface area contributed by atoms with E-state index >= 15 is 0 Å². The summed E-state index contributed by atoms with van der Waals surface area (Å²) in [7, 11) is 0. The van der Waals surface area contributed by atoms with Gasteiger partial charge in [0.25, 0.3) is 0 Å². The van der Waals surface area contributed by atoms with Crippen molar-refractivity contribution in [1.29, 1.82) is 0 Å². The van der Waals surface area contributed by atoms with Gasteiger partial charge in [0.1, 0.15) is 0 Å². The van der Waals surface area contributed by atoms with Crippen molar-refractivity contribution in [2.45, 2.75) is 44.2 Å². The smallest absolute Gasteiger partial charge is 0.0957 e. The van der Waals surface area contributed by atoms with Gasteiger partial charge in [-0.1, -0.05) is 0 Å². The first-order valence-electron chi connectivity index (χ1n) is 8.54. The Hall–Kier alpha value is -1.72. The number of pyridine rings is 1. The fourth-order valence-electron chi connectivity index (χ4n) is 4.19. The molecule has 0 aromatic carbocycles. The zero-order valence-corrected chi connectivity index (χ0v) is 13.2. The van der Waals surface area contributed by atoms with Crippen molar-refractivity contribution < 1.29 is 10.2 Å². The average Bonchev–Trinajstić information content (AvgIpc) is 3.18. The van der Waals surface area contributed by atoms with E-state index < -0.39 is 0 Å². The standard InChI is InChI=1S/C18H23N3O2/c22-10-12-3-5-13(6-4-12)17(23)8-15-18-14(2-1-7-20-18)16-9-19-11-21(15)16/h1-2,7,9,11-13,15,17,22-23H,3-6,8,10H2. The van der Waals surface area contributed by atoms with Crippen LogP contribution in [0.15, 0.2) is 30.9 Å². The lowest BCUT2D eigenvalue weighted by atomic mass is 9.78. The number of nitrogens with zero attached hydrogens (tertiary/aromatic N) is 3. The predicted molar refractivity (Wildman–Crippen MR) is 86.8 cm³/mol. The lowest BCUT2D eigenvalue weighted by Gasteiger charge is -2.32. The number of hydrogen-bond acceptors (Lipinski definition) is 4. The van der Waals surface area contributed by atoms with Gasteiger partial charge < -0.3 is 14.8 Å². The predicted octanol–water partition coefficient (Wildman–Crippen LogP) is 2.40. The second-order valence-electron chi connectivity index (χ2n) is 6.90. The Kier molecular flexibility index (Phi) is 3.91. The lowest BCUT2D eigenvalue weighted by Crippen LogP contribution is -2.29. The van der Waals surface area contributed by atoms with Crippen LogP contribution in [0.2, 0.25) is 0 Å². The van der Waals surface area contributed by atoms with E-state index in [9.17, 15) is 10.2 Å². The molecule has 0 bridgehead atoms. The van der Waals surface area contributed by atoms with E-state index in [2.05, 4.69) is 20.6 Å². The summed E-state index contributed by atoms with van der Waals surface area (Å²) in [5, 5.41) is 20.0. The Morgan fingerprint density at radius 2 is 2.09 bits per heavy atom. The molecule has 0 radical (unpaired) electrons. The minimum Gasteiger partial charge on any atom is -0.396 e. The maximum Gasteiger partial charge on any atom is 0.0957 e. The summed E-state index contributed by atoms with van der Waals surface area (Å²) in [4.78, 5) is 8.82. The average molecular weight is 313 g/mol. The van der Waals surface area contributed by atoms with Crippen molar-refractivity contribution in [1.82, 2.24) is 14.5 Å². The summed E-state index contributed by atoms with van der Waals surface area (Å²) in [6, 6.07) is 4.11. The van der Waals surface area contributed by atoms with Gasteiger partial charge in [0.2, 0.25) is 0 Å². The van der Waals surface area contributed by atoms with E-state index in [4.69, 9.17) is 0 Å². The molecule has 1 saturated carbocycles. The minimum atomic E-state index is -0.331. The first-order valence-corrected chi connectivity index (χ1v) is 8.54. The van der Waals surface area contributed by atoms with Gasteiger partial charge in [-0.05, 0) is 49.7 Å². The number of fused-ring (bicyclic) bond motifs is 3. The van der Waals surface area contributed by atoms with Gasteiger partial charge in [0.15, 0.2) is 0 Å². The zero-order chi connectivity index (χ0) is 15.8. The molecule has 122 valence electrons. The van der Waals surface area contributed by atoms with Gasteiger partial charge in [-0.25, -0.2) is 4.98 Å². The molecule has 5 nitrogen and oxygen atoms in total. The molecule has 5 heteroatoms. The molecule has 0 saturated heterocycles. The zero-order valence-electron chi connectivity index (χ0n) is 13.2. The molecule has 23 heavy (non-hydrogen) atoms. The van der Waals surface area contributed by atoms with Gasteiger partial charge in [-0.15, -0.1) is 0 Å². The summed E-state index contributed by atoms with van der Waals surface area (Å²) >= 11 is 0.